The number of rotatable bonds is 2. The molecule has 0 bridgehead atoms. The topological polar surface area (TPSA) is 97.9 Å². The Labute approximate surface area is 150 Å². The van der Waals surface area contributed by atoms with Crippen molar-refractivity contribution in [3.63, 3.8) is 0 Å². The summed E-state index contributed by atoms with van der Waals surface area (Å²) in [6.45, 7) is 5.77. The fourth-order valence-electron chi connectivity index (χ4n) is 6.80. The molecule has 1 N–H and O–H groups in total. The monoisotopic (exact) mass is 362 g/mol. The highest BCUT2D eigenvalue weighted by atomic mass is 16.7. The molecule has 6 aliphatic rings. The van der Waals surface area contributed by atoms with Crippen LogP contribution in [-0.2, 0) is 28.5 Å². The smallest absolute Gasteiger partial charge is 0.331 e. The zero-order chi connectivity index (χ0) is 18.2. The highest BCUT2D eigenvalue weighted by Crippen LogP contribution is 2.75. The van der Waals surface area contributed by atoms with Crippen molar-refractivity contribution in [1.82, 2.24) is 0 Å². The van der Waals surface area contributed by atoms with Gasteiger partial charge < -0.3 is 24.1 Å². The van der Waals surface area contributed by atoms with Crippen molar-refractivity contribution in [3.05, 3.63) is 11.6 Å². The van der Waals surface area contributed by atoms with Gasteiger partial charge in [0.05, 0.1) is 6.10 Å². The lowest BCUT2D eigenvalue weighted by atomic mass is 9.47. The van der Waals surface area contributed by atoms with Crippen molar-refractivity contribution in [3.8, 4) is 0 Å². The average Bonchev–Trinajstić information content (AvgIpc) is 3.48. The van der Waals surface area contributed by atoms with Gasteiger partial charge in [0.25, 0.3) is 0 Å². The zero-order valence-electron chi connectivity index (χ0n) is 14.9. The summed E-state index contributed by atoms with van der Waals surface area (Å²) in [5, 5.41) is 9.68. The molecule has 26 heavy (non-hydrogen) atoms. The summed E-state index contributed by atoms with van der Waals surface area (Å²) < 4.78 is 23.5. The van der Waals surface area contributed by atoms with Gasteiger partial charge in [-0.3, -0.25) is 4.79 Å². The number of cyclic esters (lactones) is 1. The molecule has 0 aromatic carbocycles. The molecule has 2 saturated carbocycles. The van der Waals surface area contributed by atoms with Crippen molar-refractivity contribution >= 4 is 11.9 Å². The Bertz CT molecular complexity index is 791. The molecule has 7 heteroatoms. The maximum Gasteiger partial charge on any atom is 0.331 e. The third-order valence-electron chi connectivity index (χ3n) is 7.90. The Morgan fingerprint density at radius 1 is 1.27 bits per heavy atom. The molecule has 10 atom stereocenters. The van der Waals surface area contributed by atoms with Crippen LogP contribution >= 0.6 is 0 Å². The molecule has 140 valence electrons. The van der Waals surface area contributed by atoms with Gasteiger partial charge in [-0.1, -0.05) is 13.8 Å². The summed E-state index contributed by atoms with van der Waals surface area (Å²) in [5.41, 5.74) is -1.04. The van der Waals surface area contributed by atoms with Gasteiger partial charge in [0, 0.05) is 29.9 Å². The van der Waals surface area contributed by atoms with Gasteiger partial charge in [0.2, 0.25) is 0 Å². The van der Waals surface area contributed by atoms with E-state index in [-0.39, 0.29) is 48.8 Å². The molecule has 1 spiro atoms. The largest absolute Gasteiger partial charge is 0.459 e. The molecule has 7 nitrogen and oxygen atoms in total. The number of esters is 2. The van der Waals surface area contributed by atoms with E-state index in [1.165, 1.54) is 0 Å². The quantitative estimate of drug-likeness (QED) is 0.559. The lowest BCUT2D eigenvalue weighted by molar-refractivity contribution is -0.155. The van der Waals surface area contributed by atoms with Crippen LogP contribution in [0.5, 0.6) is 0 Å². The van der Waals surface area contributed by atoms with E-state index >= 15 is 0 Å². The number of hydrogen-bond acceptors (Lipinski definition) is 7. The first-order chi connectivity index (χ1) is 12.3. The molecule has 4 aliphatic heterocycles. The number of carbonyl (C=O) groups excluding carboxylic acids is 2. The van der Waals surface area contributed by atoms with Crippen LogP contribution in [0.1, 0.15) is 27.2 Å². The van der Waals surface area contributed by atoms with Gasteiger partial charge >= 0.3 is 11.9 Å². The van der Waals surface area contributed by atoms with Crippen LogP contribution in [0.2, 0.25) is 0 Å². The van der Waals surface area contributed by atoms with Crippen molar-refractivity contribution < 1.29 is 33.6 Å². The number of aliphatic hydroxyl groups is 1. The number of epoxide rings is 2. The summed E-state index contributed by atoms with van der Waals surface area (Å²) in [5.74, 6) is -0.996. The molecule has 3 saturated heterocycles. The second-order valence-electron chi connectivity index (χ2n) is 9.25. The molecule has 6 rings (SSSR count). The fraction of sp³-hybridized carbons (Fsp3) is 0.789. The van der Waals surface area contributed by atoms with Crippen LogP contribution in [0.3, 0.4) is 0 Å². The summed E-state index contributed by atoms with van der Waals surface area (Å²) in [7, 11) is 0. The maximum absolute atomic E-state index is 12.8. The first-order valence-electron chi connectivity index (χ1n) is 9.37. The van der Waals surface area contributed by atoms with Crippen molar-refractivity contribution in [1.29, 1.82) is 0 Å². The number of ether oxygens (including phenoxy) is 4. The van der Waals surface area contributed by atoms with E-state index in [1.807, 2.05) is 13.8 Å². The van der Waals surface area contributed by atoms with Gasteiger partial charge in [-0.15, -0.1) is 0 Å². The Kier molecular flexibility index (Phi) is 2.51. The van der Waals surface area contributed by atoms with Gasteiger partial charge in [0.1, 0.15) is 29.8 Å². The van der Waals surface area contributed by atoms with E-state index in [0.29, 0.717) is 0 Å². The highest BCUT2D eigenvalue weighted by Gasteiger charge is 2.86. The number of aliphatic hydroxyl groups excluding tert-OH is 1. The summed E-state index contributed by atoms with van der Waals surface area (Å²) in [6.07, 6.45) is 0.918. The van der Waals surface area contributed by atoms with Crippen molar-refractivity contribution in [2.45, 2.75) is 63.3 Å². The molecular formula is C19H22O7. The van der Waals surface area contributed by atoms with Crippen LogP contribution in [0.15, 0.2) is 11.6 Å². The van der Waals surface area contributed by atoms with Crippen molar-refractivity contribution in [2.24, 2.45) is 22.7 Å². The lowest BCUT2D eigenvalue weighted by Gasteiger charge is -2.53. The Balaban J connectivity index is 1.56. The number of fused-ring (bicyclic) bond motifs is 4. The maximum atomic E-state index is 12.8. The molecule has 5 fully saturated rings. The van der Waals surface area contributed by atoms with E-state index in [1.54, 1.807) is 6.08 Å². The number of hydrogen-bond donors (Lipinski definition) is 1. The van der Waals surface area contributed by atoms with Crippen LogP contribution in [0.25, 0.3) is 0 Å². The zero-order valence-corrected chi connectivity index (χ0v) is 14.9. The van der Waals surface area contributed by atoms with Gasteiger partial charge in [0.15, 0.2) is 5.60 Å². The number of carbonyl (C=O) groups is 2. The molecular weight excluding hydrogens is 340 g/mol. The van der Waals surface area contributed by atoms with Crippen molar-refractivity contribution in [2.75, 3.05) is 6.61 Å². The minimum absolute atomic E-state index is 0.00691. The molecule has 0 radical (unpaired) electrons. The van der Waals surface area contributed by atoms with Crippen LogP contribution in [0, 0.1) is 22.7 Å². The Morgan fingerprint density at radius 3 is 2.77 bits per heavy atom. The molecule has 2 aliphatic carbocycles. The molecule has 0 amide bonds. The molecule has 4 heterocycles. The predicted octanol–water partition coefficient (Wildman–Crippen LogP) is 0.343. The predicted molar refractivity (Wildman–Crippen MR) is 84.7 cm³/mol. The van der Waals surface area contributed by atoms with Crippen LogP contribution in [-0.4, -0.2) is 59.8 Å². The minimum atomic E-state index is -0.792. The second-order valence-corrected chi connectivity index (χ2v) is 9.25. The third kappa shape index (κ3) is 1.40. The third-order valence-corrected chi connectivity index (χ3v) is 7.90. The first kappa shape index (κ1) is 15.6. The summed E-state index contributed by atoms with van der Waals surface area (Å²) >= 11 is 0. The van der Waals surface area contributed by atoms with E-state index < -0.39 is 28.5 Å². The molecule has 0 aromatic rings. The Morgan fingerprint density at radius 2 is 2.04 bits per heavy atom. The van der Waals surface area contributed by atoms with E-state index in [9.17, 15) is 14.7 Å². The highest BCUT2D eigenvalue weighted by molar-refractivity contribution is 5.87. The molecule has 0 aromatic heterocycles. The van der Waals surface area contributed by atoms with Gasteiger partial charge in [-0.2, -0.15) is 0 Å². The minimum Gasteiger partial charge on any atom is -0.459 e. The Hall–Kier alpha value is -1.44. The van der Waals surface area contributed by atoms with Gasteiger partial charge in [-0.05, 0) is 18.9 Å². The summed E-state index contributed by atoms with van der Waals surface area (Å²) in [6, 6.07) is 0. The fourth-order valence-corrected chi connectivity index (χ4v) is 6.80. The summed E-state index contributed by atoms with van der Waals surface area (Å²) in [4.78, 5) is 25.2. The SMILES string of the molecule is C[C@H](CO)[C@H]1OC(=O)C=C2[C@@]13O[C@@H]3[C@H]1OC(=O)[C@@]3(C)[C@H]4O[C@H]4C[C@@]2(C)[C@@H]13. The lowest BCUT2D eigenvalue weighted by Crippen LogP contribution is -2.62. The van der Waals surface area contributed by atoms with E-state index in [2.05, 4.69) is 6.92 Å². The van der Waals surface area contributed by atoms with Crippen LogP contribution < -0.4 is 0 Å². The van der Waals surface area contributed by atoms with Crippen LogP contribution in [0.4, 0.5) is 0 Å². The normalized spacial score (nSPS) is 59.0. The van der Waals surface area contributed by atoms with E-state index in [4.69, 9.17) is 18.9 Å². The first-order valence-corrected chi connectivity index (χ1v) is 9.37. The second kappa shape index (κ2) is 4.18. The standard InChI is InChI=1S/C19H22O7/c1-7(6-20)13-19-9(4-10(21)24-13)17(2)5-8-14(23-8)18(3)12(17)11(15(19)26-19)25-16(18)22/h4,7-8,11-15,20H,5-6H2,1-3H3/t7-,8+,11+,12-,13-,14+,15-,17-,18-,19-/m1/s1. The van der Waals surface area contributed by atoms with Gasteiger partial charge in [-0.25, -0.2) is 4.79 Å². The average molecular weight is 362 g/mol. The molecule has 0 unspecified atom stereocenters. The van der Waals surface area contributed by atoms with E-state index in [0.717, 1.165) is 12.0 Å².